The first-order chi connectivity index (χ1) is 13.3. The van der Waals surface area contributed by atoms with Gasteiger partial charge in [0.1, 0.15) is 5.82 Å². The predicted molar refractivity (Wildman–Crippen MR) is 101 cm³/mol. The highest BCUT2D eigenvalue weighted by atomic mass is 19.1. The van der Waals surface area contributed by atoms with E-state index >= 15 is 0 Å². The summed E-state index contributed by atoms with van der Waals surface area (Å²) in [6, 6.07) is 4.78. The summed E-state index contributed by atoms with van der Waals surface area (Å²) in [7, 11) is 0. The van der Waals surface area contributed by atoms with E-state index in [4.69, 9.17) is 5.73 Å². The standard InChI is InChI=1S/C19H26FN4O4/c1-12(18(21)27)8-9-17(26)22-15-7-4-10-24(11-16(15)25)19(28)23-14-6-3-2-5-13(14)20/h2-3,5-6,9,12,15-16,25H,4,7-8,10-11H2,1H3,(H2,21,27)(H,22,26)(H,23,28)/t12?,15?,16-/m0/s1. The summed E-state index contributed by atoms with van der Waals surface area (Å²) in [6.07, 6.45) is 1.61. The first-order valence-electron chi connectivity index (χ1n) is 9.19. The number of aliphatic hydroxyl groups excluding tert-OH is 1. The van der Waals surface area contributed by atoms with Crippen LogP contribution < -0.4 is 16.4 Å². The lowest BCUT2D eigenvalue weighted by molar-refractivity contribution is -0.121. The lowest BCUT2D eigenvalue weighted by Gasteiger charge is -2.25. The maximum atomic E-state index is 13.7. The van der Waals surface area contributed by atoms with Crippen LogP contribution in [0, 0.1) is 18.2 Å². The van der Waals surface area contributed by atoms with Crippen molar-refractivity contribution in [2.45, 2.75) is 38.3 Å². The number of hydrogen-bond donors (Lipinski definition) is 4. The quantitative estimate of drug-likeness (QED) is 0.576. The van der Waals surface area contributed by atoms with E-state index in [1.807, 2.05) is 0 Å². The molecule has 2 rings (SSSR count). The van der Waals surface area contributed by atoms with Crippen LogP contribution in [-0.2, 0) is 9.59 Å². The van der Waals surface area contributed by atoms with E-state index in [1.54, 1.807) is 13.0 Å². The third kappa shape index (κ3) is 6.19. The van der Waals surface area contributed by atoms with Crippen molar-refractivity contribution < 1.29 is 23.9 Å². The molecule has 153 valence electrons. The van der Waals surface area contributed by atoms with Gasteiger partial charge >= 0.3 is 6.03 Å². The molecule has 0 spiro atoms. The number of likely N-dealkylation sites (tertiary alicyclic amines) is 1. The number of aliphatic hydroxyl groups is 1. The van der Waals surface area contributed by atoms with Gasteiger partial charge in [-0.05, 0) is 31.4 Å². The number of anilines is 1. The first kappa shape index (κ1) is 21.6. The van der Waals surface area contributed by atoms with Crippen LogP contribution in [0.4, 0.5) is 14.9 Å². The number of carbonyl (C=O) groups is 3. The number of hydrogen-bond acceptors (Lipinski definition) is 4. The van der Waals surface area contributed by atoms with Gasteiger partial charge in [-0.15, -0.1) is 0 Å². The number of rotatable bonds is 6. The fraction of sp³-hybridized carbons (Fsp3) is 0.474. The number of amides is 4. The minimum atomic E-state index is -0.972. The maximum absolute atomic E-state index is 13.7. The van der Waals surface area contributed by atoms with Crippen LogP contribution in [0.2, 0.25) is 0 Å². The molecule has 1 aliphatic rings. The zero-order chi connectivity index (χ0) is 20.7. The minimum Gasteiger partial charge on any atom is -0.389 e. The number of para-hydroxylation sites is 1. The molecular formula is C19H26FN4O4. The molecule has 0 saturated carbocycles. The zero-order valence-electron chi connectivity index (χ0n) is 15.7. The Balaban J connectivity index is 1.87. The fourth-order valence-corrected chi connectivity index (χ4v) is 2.89. The number of urea groups is 1. The second-order valence-corrected chi connectivity index (χ2v) is 6.92. The van der Waals surface area contributed by atoms with Gasteiger partial charge in [0.15, 0.2) is 0 Å². The minimum absolute atomic E-state index is 0.00290. The van der Waals surface area contributed by atoms with Crippen LogP contribution in [0.5, 0.6) is 0 Å². The Morgan fingerprint density at radius 3 is 2.79 bits per heavy atom. The van der Waals surface area contributed by atoms with E-state index in [0.29, 0.717) is 19.4 Å². The topological polar surface area (TPSA) is 125 Å². The van der Waals surface area contributed by atoms with E-state index in [0.717, 1.165) is 0 Å². The number of halogens is 1. The molecule has 1 heterocycles. The molecule has 1 radical (unpaired) electrons. The summed E-state index contributed by atoms with van der Waals surface area (Å²) >= 11 is 0. The summed E-state index contributed by atoms with van der Waals surface area (Å²) in [6.45, 7) is 1.99. The molecule has 28 heavy (non-hydrogen) atoms. The molecule has 9 heteroatoms. The molecule has 2 unspecified atom stereocenters. The van der Waals surface area contributed by atoms with Crippen molar-refractivity contribution in [3.8, 4) is 0 Å². The van der Waals surface area contributed by atoms with Gasteiger partial charge in [-0.25, -0.2) is 9.18 Å². The highest BCUT2D eigenvalue weighted by Crippen LogP contribution is 2.17. The summed E-state index contributed by atoms with van der Waals surface area (Å²) in [5.41, 5.74) is 5.22. The number of nitrogens with zero attached hydrogens (tertiary/aromatic N) is 1. The van der Waals surface area contributed by atoms with Crippen molar-refractivity contribution in [2.75, 3.05) is 18.4 Å². The molecule has 0 aliphatic carbocycles. The number of nitrogens with two attached hydrogens (primary N) is 1. The summed E-state index contributed by atoms with van der Waals surface area (Å²) < 4.78 is 13.7. The van der Waals surface area contributed by atoms with Crippen molar-refractivity contribution in [1.29, 1.82) is 0 Å². The van der Waals surface area contributed by atoms with Crippen LogP contribution in [-0.4, -0.2) is 53.1 Å². The molecule has 1 aromatic carbocycles. The Bertz CT molecular complexity index is 715. The third-order valence-corrected chi connectivity index (χ3v) is 4.69. The van der Waals surface area contributed by atoms with Crippen LogP contribution in [0.25, 0.3) is 0 Å². The molecular weight excluding hydrogens is 367 g/mol. The first-order valence-corrected chi connectivity index (χ1v) is 9.19. The van der Waals surface area contributed by atoms with Crippen LogP contribution in [0.3, 0.4) is 0 Å². The molecule has 0 bridgehead atoms. The largest absolute Gasteiger partial charge is 0.389 e. The van der Waals surface area contributed by atoms with Gasteiger partial charge in [-0.1, -0.05) is 19.1 Å². The molecule has 0 aromatic heterocycles. The van der Waals surface area contributed by atoms with Crippen molar-refractivity contribution in [1.82, 2.24) is 10.2 Å². The number of carbonyl (C=O) groups excluding carboxylic acids is 3. The van der Waals surface area contributed by atoms with Gasteiger partial charge < -0.3 is 26.4 Å². The molecule has 1 fully saturated rings. The predicted octanol–water partition coefficient (Wildman–Crippen LogP) is 1.01. The van der Waals surface area contributed by atoms with Gasteiger partial charge in [0.2, 0.25) is 11.8 Å². The van der Waals surface area contributed by atoms with Crippen LogP contribution in [0.15, 0.2) is 24.3 Å². The van der Waals surface area contributed by atoms with Crippen molar-refractivity contribution >= 4 is 23.5 Å². The molecule has 1 aliphatic heterocycles. The second-order valence-electron chi connectivity index (χ2n) is 6.92. The number of primary amides is 1. The van der Waals surface area contributed by atoms with Gasteiger partial charge in [-0.2, -0.15) is 0 Å². The number of nitrogens with one attached hydrogen (secondary N) is 2. The van der Waals surface area contributed by atoms with E-state index in [2.05, 4.69) is 10.6 Å². The van der Waals surface area contributed by atoms with Crippen molar-refractivity contribution in [3.05, 3.63) is 36.5 Å². The monoisotopic (exact) mass is 393 g/mol. The van der Waals surface area contributed by atoms with Gasteiger partial charge in [0, 0.05) is 12.5 Å². The van der Waals surface area contributed by atoms with Crippen molar-refractivity contribution in [2.24, 2.45) is 11.7 Å². The molecule has 1 aromatic rings. The van der Waals surface area contributed by atoms with Gasteiger partial charge in [0.05, 0.1) is 30.8 Å². The summed E-state index contributed by atoms with van der Waals surface area (Å²) in [4.78, 5) is 36.8. The second kappa shape index (κ2) is 10.0. The van der Waals surface area contributed by atoms with Crippen molar-refractivity contribution in [3.63, 3.8) is 0 Å². The molecule has 8 nitrogen and oxygen atoms in total. The normalized spacial score (nSPS) is 20.8. The number of benzene rings is 1. The maximum Gasteiger partial charge on any atom is 0.322 e. The Hall–Kier alpha value is -2.68. The highest BCUT2D eigenvalue weighted by Gasteiger charge is 2.29. The summed E-state index contributed by atoms with van der Waals surface area (Å²) in [5, 5.41) is 15.6. The SMILES string of the molecule is CC(C[CH]C(=O)NC1CCCN(C(=O)Nc2ccccc2F)C[C@@H]1O)C(N)=O. The summed E-state index contributed by atoms with van der Waals surface area (Å²) in [5.74, 6) is -1.89. The van der Waals surface area contributed by atoms with E-state index in [9.17, 15) is 23.9 Å². The Morgan fingerprint density at radius 1 is 1.39 bits per heavy atom. The molecule has 3 atom stereocenters. The third-order valence-electron chi connectivity index (χ3n) is 4.69. The zero-order valence-corrected chi connectivity index (χ0v) is 15.7. The van der Waals surface area contributed by atoms with Gasteiger partial charge in [-0.3, -0.25) is 9.59 Å². The number of β-amino-alcohol motifs (C(OH)–C–C–N with tert-alkyl or cyclic N) is 1. The van der Waals surface area contributed by atoms with Crippen LogP contribution in [0.1, 0.15) is 26.2 Å². The van der Waals surface area contributed by atoms with E-state index in [1.165, 1.54) is 29.5 Å². The van der Waals surface area contributed by atoms with Gasteiger partial charge in [0.25, 0.3) is 0 Å². The molecule has 4 amide bonds. The van der Waals surface area contributed by atoms with E-state index < -0.39 is 41.7 Å². The van der Waals surface area contributed by atoms with E-state index in [-0.39, 0.29) is 18.7 Å². The Morgan fingerprint density at radius 2 is 2.11 bits per heavy atom. The van der Waals surface area contributed by atoms with Crippen LogP contribution >= 0.6 is 0 Å². The Labute approximate surface area is 163 Å². The average Bonchev–Trinajstić information content (AvgIpc) is 2.83. The smallest absolute Gasteiger partial charge is 0.322 e. The lowest BCUT2D eigenvalue weighted by Crippen LogP contribution is -2.48. The average molecular weight is 393 g/mol. The Kier molecular flexibility index (Phi) is 7.74. The highest BCUT2D eigenvalue weighted by molar-refractivity contribution is 5.89. The molecule has 1 saturated heterocycles. The fourth-order valence-electron chi connectivity index (χ4n) is 2.89. The lowest BCUT2D eigenvalue weighted by atomic mass is 10.0. The molecule has 5 N–H and O–H groups in total.